The minimum atomic E-state index is 0.347. The highest BCUT2D eigenvalue weighted by Crippen LogP contribution is 2.41. The Morgan fingerprint density at radius 2 is 2.26 bits per heavy atom. The third-order valence-electron chi connectivity index (χ3n) is 4.73. The Morgan fingerprint density at radius 1 is 1.47 bits per heavy atom. The molecule has 0 bridgehead atoms. The molecule has 2 atom stereocenters. The molecule has 0 amide bonds. The van der Waals surface area contributed by atoms with Crippen LogP contribution in [0.2, 0.25) is 0 Å². The highest BCUT2D eigenvalue weighted by atomic mass is 79.9. The summed E-state index contributed by atoms with van der Waals surface area (Å²) in [6.45, 7) is 8.19. The Morgan fingerprint density at radius 3 is 2.84 bits per heavy atom. The average Bonchev–Trinajstić information content (AvgIpc) is 3.16. The van der Waals surface area contributed by atoms with E-state index in [1.807, 2.05) is 11.3 Å². The summed E-state index contributed by atoms with van der Waals surface area (Å²) < 4.78 is 1.25. The van der Waals surface area contributed by atoms with Crippen LogP contribution in [0.1, 0.15) is 38.0 Å². The molecule has 2 unspecified atom stereocenters. The van der Waals surface area contributed by atoms with E-state index in [4.69, 9.17) is 0 Å². The van der Waals surface area contributed by atoms with Crippen molar-refractivity contribution in [2.24, 2.45) is 5.92 Å². The van der Waals surface area contributed by atoms with Gasteiger partial charge in [0.15, 0.2) is 0 Å². The predicted molar refractivity (Wildman–Crippen MR) is 85.6 cm³/mol. The fourth-order valence-corrected chi connectivity index (χ4v) is 4.81. The molecule has 1 N–H and O–H groups in total. The lowest BCUT2D eigenvalue weighted by molar-refractivity contribution is 0.0674. The maximum absolute atomic E-state index is 3.83. The van der Waals surface area contributed by atoms with Gasteiger partial charge in [-0.1, -0.05) is 6.92 Å². The van der Waals surface area contributed by atoms with E-state index in [1.54, 1.807) is 0 Å². The zero-order chi connectivity index (χ0) is 13.5. The lowest BCUT2D eigenvalue weighted by Gasteiger charge is -2.46. The van der Waals surface area contributed by atoms with Gasteiger partial charge in [-0.25, -0.2) is 0 Å². The van der Waals surface area contributed by atoms with E-state index in [1.165, 1.54) is 34.5 Å². The highest BCUT2D eigenvalue weighted by molar-refractivity contribution is 9.11. The summed E-state index contributed by atoms with van der Waals surface area (Å²) in [6, 6.07) is 5.12. The van der Waals surface area contributed by atoms with Crippen LogP contribution in [-0.4, -0.2) is 29.6 Å². The fourth-order valence-electron chi connectivity index (χ4n) is 3.31. The first-order chi connectivity index (χ1) is 9.10. The van der Waals surface area contributed by atoms with Gasteiger partial charge in [-0.15, -0.1) is 11.3 Å². The maximum atomic E-state index is 3.83. The fraction of sp³-hybridized carbons (Fsp3) is 0.733. The quantitative estimate of drug-likeness (QED) is 0.893. The molecule has 0 radical (unpaired) electrons. The van der Waals surface area contributed by atoms with Crippen LogP contribution in [0.5, 0.6) is 0 Å². The summed E-state index contributed by atoms with van der Waals surface area (Å²) in [5.74, 6) is 0.905. The zero-order valence-corrected chi connectivity index (χ0v) is 14.2. The highest BCUT2D eigenvalue weighted by Gasteiger charge is 2.45. The van der Waals surface area contributed by atoms with Gasteiger partial charge in [0.25, 0.3) is 0 Å². The monoisotopic (exact) mass is 342 g/mol. The van der Waals surface area contributed by atoms with E-state index in [9.17, 15) is 0 Å². The first-order valence-corrected chi connectivity index (χ1v) is 8.95. The molecule has 4 heteroatoms. The second kappa shape index (κ2) is 5.47. The van der Waals surface area contributed by atoms with E-state index in [2.05, 4.69) is 52.1 Å². The van der Waals surface area contributed by atoms with Gasteiger partial charge >= 0.3 is 0 Å². The van der Waals surface area contributed by atoms with Crippen LogP contribution in [0, 0.1) is 5.92 Å². The number of halogens is 1. The van der Waals surface area contributed by atoms with Crippen molar-refractivity contribution < 1.29 is 0 Å². The Hall–Kier alpha value is 0.1000. The summed E-state index contributed by atoms with van der Waals surface area (Å²) in [4.78, 5) is 4.18. The van der Waals surface area contributed by atoms with Crippen molar-refractivity contribution in [2.75, 3.05) is 13.1 Å². The van der Waals surface area contributed by atoms with Gasteiger partial charge in [-0.3, -0.25) is 4.90 Å². The van der Waals surface area contributed by atoms with Gasteiger partial charge < -0.3 is 5.32 Å². The summed E-state index contributed by atoms with van der Waals surface area (Å²) >= 11 is 5.45. The molecule has 1 aromatic rings. The maximum Gasteiger partial charge on any atom is 0.0701 e. The molecule has 3 rings (SSSR count). The molecule has 1 aliphatic heterocycles. The molecule has 2 nitrogen and oxygen atoms in total. The van der Waals surface area contributed by atoms with Gasteiger partial charge in [0, 0.05) is 36.1 Å². The molecule has 1 saturated carbocycles. The van der Waals surface area contributed by atoms with Crippen LogP contribution in [0.25, 0.3) is 0 Å². The van der Waals surface area contributed by atoms with Gasteiger partial charge in [0.05, 0.1) is 3.79 Å². The second-order valence-corrected chi connectivity index (χ2v) is 8.79. The number of hydrogen-bond acceptors (Lipinski definition) is 3. The smallest absolute Gasteiger partial charge is 0.0701 e. The Bertz CT molecular complexity index is 443. The minimum Gasteiger partial charge on any atom is -0.308 e. The summed E-state index contributed by atoms with van der Waals surface area (Å²) in [7, 11) is 0. The number of nitrogens with one attached hydrogen (secondary N) is 1. The minimum absolute atomic E-state index is 0.347. The molecule has 19 heavy (non-hydrogen) atoms. The van der Waals surface area contributed by atoms with Crippen LogP contribution < -0.4 is 5.32 Å². The SMILES string of the molecule is CCC1CNC(C)(C2CC2)CN1Cc1ccc(Br)s1. The Kier molecular flexibility index (Phi) is 4.05. The van der Waals surface area contributed by atoms with Crippen molar-refractivity contribution in [1.29, 1.82) is 0 Å². The molecular formula is C15H23BrN2S. The standard InChI is InChI=1S/C15H23BrN2S/c1-3-12-8-17-15(2,11-4-5-11)10-18(12)9-13-6-7-14(16)19-13/h6-7,11-12,17H,3-5,8-10H2,1-2H3. The molecule has 1 aromatic heterocycles. The normalized spacial score (nSPS) is 32.7. The van der Waals surface area contributed by atoms with E-state index in [0.29, 0.717) is 11.6 Å². The lowest BCUT2D eigenvalue weighted by Crippen LogP contribution is -2.63. The number of piperazine rings is 1. The average molecular weight is 343 g/mol. The lowest BCUT2D eigenvalue weighted by atomic mass is 9.90. The molecule has 2 aliphatic rings. The third-order valence-corrected chi connectivity index (χ3v) is 6.34. The van der Waals surface area contributed by atoms with Crippen molar-refractivity contribution in [1.82, 2.24) is 10.2 Å². The van der Waals surface area contributed by atoms with Crippen LogP contribution in [0.3, 0.4) is 0 Å². The van der Waals surface area contributed by atoms with Crippen molar-refractivity contribution in [3.8, 4) is 0 Å². The molecule has 1 saturated heterocycles. The van der Waals surface area contributed by atoms with Gasteiger partial charge in [-0.05, 0) is 60.2 Å². The summed E-state index contributed by atoms with van der Waals surface area (Å²) in [5.41, 5.74) is 0.347. The van der Waals surface area contributed by atoms with E-state index in [0.717, 1.165) is 19.0 Å². The van der Waals surface area contributed by atoms with Gasteiger partial charge in [0.1, 0.15) is 0 Å². The number of thiophene rings is 1. The topological polar surface area (TPSA) is 15.3 Å². The molecule has 0 aromatic carbocycles. The molecule has 2 heterocycles. The second-order valence-electron chi connectivity index (χ2n) is 6.25. The van der Waals surface area contributed by atoms with Crippen molar-refractivity contribution in [3.05, 3.63) is 20.8 Å². The van der Waals surface area contributed by atoms with Crippen molar-refractivity contribution in [2.45, 2.75) is 51.2 Å². The Labute approximate surface area is 128 Å². The van der Waals surface area contributed by atoms with E-state index >= 15 is 0 Å². The predicted octanol–water partition coefficient (Wildman–Crippen LogP) is 3.86. The van der Waals surface area contributed by atoms with Crippen molar-refractivity contribution in [3.63, 3.8) is 0 Å². The number of nitrogens with zero attached hydrogens (tertiary/aromatic N) is 1. The largest absolute Gasteiger partial charge is 0.308 e. The zero-order valence-electron chi connectivity index (χ0n) is 11.8. The number of rotatable bonds is 4. The first-order valence-electron chi connectivity index (χ1n) is 7.34. The van der Waals surface area contributed by atoms with Crippen LogP contribution in [0.15, 0.2) is 15.9 Å². The molecular weight excluding hydrogens is 320 g/mol. The van der Waals surface area contributed by atoms with Crippen molar-refractivity contribution >= 4 is 27.3 Å². The third kappa shape index (κ3) is 3.07. The molecule has 106 valence electrons. The first kappa shape index (κ1) is 14.1. The van der Waals surface area contributed by atoms with Crippen LogP contribution in [0.4, 0.5) is 0 Å². The van der Waals surface area contributed by atoms with Gasteiger partial charge in [-0.2, -0.15) is 0 Å². The van der Waals surface area contributed by atoms with Crippen LogP contribution in [-0.2, 0) is 6.54 Å². The van der Waals surface area contributed by atoms with E-state index < -0.39 is 0 Å². The summed E-state index contributed by atoms with van der Waals surface area (Å²) in [5, 5.41) is 3.83. The van der Waals surface area contributed by atoms with Gasteiger partial charge in [0.2, 0.25) is 0 Å². The Balaban J connectivity index is 1.71. The summed E-state index contributed by atoms with van der Waals surface area (Å²) in [6.07, 6.45) is 4.07. The molecule has 2 fully saturated rings. The van der Waals surface area contributed by atoms with Crippen LogP contribution >= 0.6 is 27.3 Å². The molecule has 1 aliphatic carbocycles. The van der Waals surface area contributed by atoms with E-state index in [-0.39, 0.29) is 0 Å². The number of hydrogen-bond donors (Lipinski definition) is 1. The molecule has 0 spiro atoms.